The van der Waals surface area contributed by atoms with Gasteiger partial charge >= 0.3 is 0 Å². The summed E-state index contributed by atoms with van der Waals surface area (Å²) in [6.45, 7) is 6.09. The molecule has 398 valence electrons. The van der Waals surface area contributed by atoms with Crippen molar-refractivity contribution in [1.29, 1.82) is 0 Å². The maximum atomic E-state index is 13.2. The lowest BCUT2D eigenvalue weighted by molar-refractivity contribution is 0.0839. The first-order valence-electron chi connectivity index (χ1n) is 25.3. The molecule has 4 aliphatic rings. The van der Waals surface area contributed by atoms with E-state index < -0.39 is 6.10 Å². The third-order valence-electron chi connectivity index (χ3n) is 13.1. The number of thiophene rings is 1. The van der Waals surface area contributed by atoms with E-state index >= 15 is 0 Å². The summed E-state index contributed by atoms with van der Waals surface area (Å²) < 4.78 is 44.2. The number of rotatable bonds is 7. The summed E-state index contributed by atoms with van der Waals surface area (Å²) in [4.78, 5) is 48.6. The Morgan fingerprint density at radius 2 is 1.00 bits per heavy atom. The fourth-order valence-corrected chi connectivity index (χ4v) is 10.8. The van der Waals surface area contributed by atoms with Gasteiger partial charge in [-0.3, -0.25) is 19.2 Å². The number of hydrogen-bond donors (Lipinski definition) is 2. The van der Waals surface area contributed by atoms with Gasteiger partial charge in [0.25, 0.3) is 0 Å². The van der Waals surface area contributed by atoms with Crippen LogP contribution in [0.2, 0.25) is 0 Å². The molecule has 12 rings (SSSR count). The number of phenols is 2. The van der Waals surface area contributed by atoms with E-state index in [-0.39, 0.29) is 71.3 Å². The molecule has 78 heavy (non-hydrogen) atoms. The lowest BCUT2D eigenvalue weighted by atomic mass is 9.93. The number of aromatic hydroxyl groups is 2. The van der Waals surface area contributed by atoms with Crippen LogP contribution in [0, 0.1) is 5.82 Å². The number of carbonyl (C=O) groups excluding carboxylic acids is 4. The minimum Gasteiger partial charge on any atom is -0.508 e. The molecule has 1 aromatic heterocycles. The van der Waals surface area contributed by atoms with Crippen molar-refractivity contribution >= 4 is 66.3 Å². The third kappa shape index (κ3) is 13.4. The molecule has 0 spiro atoms. The number of carbonyl (C=O) groups is 4. The second kappa shape index (κ2) is 24.8. The van der Waals surface area contributed by atoms with Gasteiger partial charge in [0.1, 0.15) is 70.5 Å². The van der Waals surface area contributed by atoms with Gasteiger partial charge in [-0.15, -0.1) is 0 Å². The lowest BCUT2D eigenvalue weighted by Gasteiger charge is -2.27. The first kappa shape index (κ1) is 55.2. The number of Topliss-reactive ketones (excluding diaryl/α,β-unsaturated/α-hetero) is 4. The van der Waals surface area contributed by atoms with Crippen LogP contribution >= 0.6 is 43.2 Å². The van der Waals surface area contributed by atoms with Crippen LogP contribution in [0.25, 0.3) is 0 Å². The highest BCUT2D eigenvalue weighted by molar-refractivity contribution is 9.10. The number of ketones is 4. The molecule has 0 fully saturated rings. The highest BCUT2D eigenvalue weighted by Crippen LogP contribution is 2.41. The summed E-state index contributed by atoms with van der Waals surface area (Å²) >= 11 is 8.37. The Morgan fingerprint density at radius 3 is 1.50 bits per heavy atom. The average Bonchev–Trinajstić information content (AvgIpc) is 4.07. The zero-order valence-electron chi connectivity index (χ0n) is 42.6. The maximum absolute atomic E-state index is 13.2. The number of aryl methyl sites for hydroxylation is 1. The summed E-state index contributed by atoms with van der Waals surface area (Å²) in [7, 11) is 0. The SMILES string of the molecule is CC(C)Oc1cccc(C2CC(=O)c3cc(Br)ccc3O2)c1.CCc1ccccc1C1CC(=O)c2cc(Br)ccc2O1.O=C1CC(c2cccc(F)c2)Oc2ccc(O)cc21.O=C1CC(c2ccsc2)Oc2ccc(O)cc21. The molecular formula is C63H53Br2FO11S. The number of phenolic OH excluding ortho intramolecular Hbond substituents is 2. The molecule has 15 heteroatoms. The number of hydrogen-bond acceptors (Lipinski definition) is 12. The summed E-state index contributed by atoms with van der Waals surface area (Å²) in [5, 5.41) is 22.7. The first-order valence-corrected chi connectivity index (χ1v) is 27.8. The van der Waals surface area contributed by atoms with Gasteiger partial charge in [0, 0.05) is 14.5 Å². The topological polar surface area (TPSA) is 155 Å². The second-order valence-electron chi connectivity index (χ2n) is 19.0. The highest BCUT2D eigenvalue weighted by atomic mass is 79.9. The Balaban J connectivity index is 0.000000127. The standard InChI is InChI=1S/C18H17BrO3.C17H15BrO2.C15H11FO3.C13H10O3S/c1-11(2)21-14-5-3-4-12(8-14)18-10-16(20)15-9-13(19)6-7-17(15)22-18;1-2-11-5-3-4-6-13(11)17-10-15(19)14-9-12(18)7-8-16(14)20-17;16-10-3-1-2-9(6-10)15-8-13(18)12-7-11(17)4-5-14(12)19-15;14-9-1-2-12-10(5-9)11(15)6-13(16-12)8-3-4-17-7-8/h3-9,11,18H,10H2,1-2H3;3-9,17H,2,10H2,1H3;1-7,15,17H,8H2;1-5,7,13-14H,6H2. The van der Waals surface area contributed by atoms with E-state index in [9.17, 15) is 33.8 Å². The van der Waals surface area contributed by atoms with E-state index in [1.165, 1.54) is 42.0 Å². The van der Waals surface area contributed by atoms with Crippen molar-refractivity contribution in [2.24, 2.45) is 0 Å². The number of fused-ring (bicyclic) bond motifs is 4. The van der Waals surface area contributed by atoms with E-state index in [1.807, 2.05) is 103 Å². The van der Waals surface area contributed by atoms with Gasteiger partial charge in [-0.05, 0) is 156 Å². The summed E-state index contributed by atoms with van der Waals surface area (Å²) in [6.07, 6.45) is 1.14. The molecule has 8 aromatic rings. The maximum Gasteiger partial charge on any atom is 0.170 e. The Bertz CT molecular complexity index is 3510. The third-order valence-corrected chi connectivity index (χ3v) is 14.8. The van der Waals surface area contributed by atoms with Gasteiger partial charge in [-0.25, -0.2) is 4.39 Å². The molecule has 11 nitrogen and oxygen atoms in total. The van der Waals surface area contributed by atoms with Crippen LogP contribution in [0.3, 0.4) is 0 Å². The first-order chi connectivity index (χ1) is 37.6. The molecule has 5 heterocycles. The van der Waals surface area contributed by atoms with Crippen LogP contribution in [0.15, 0.2) is 171 Å². The van der Waals surface area contributed by atoms with Crippen molar-refractivity contribution in [3.63, 3.8) is 0 Å². The molecule has 0 saturated heterocycles. The monoisotopic (exact) mass is 1190 g/mol. The number of ether oxygens (including phenoxy) is 5. The minimum atomic E-state index is -0.486. The van der Waals surface area contributed by atoms with Crippen LogP contribution in [-0.2, 0) is 6.42 Å². The van der Waals surface area contributed by atoms with Crippen LogP contribution in [0.4, 0.5) is 4.39 Å². The normalized spacial score (nSPS) is 17.7. The van der Waals surface area contributed by atoms with Crippen LogP contribution in [0.5, 0.6) is 40.2 Å². The van der Waals surface area contributed by atoms with E-state index in [0.717, 1.165) is 37.8 Å². The van der Waals surface area contributed by atoms with Gasteiger partial charge in [-0.1, -0.05) is 87.3 Å². The predicted molar refractivity (Wildman–Crippen MR) is 303 cm³/mol. The Morgan fingerprint density at radius 1 is 0.538 bits per heavy atom. The molecule has 2 N–H and O–H groups in total. The molecular weight excluding hydrogens is 1140 g/mol. The zero-order valence-corrected chi connectivity index (χ0v) is 46.6. The molecule has 7 aromatic carbocycles. The number of halogens is 3. The van der Waals surface area contributed by atoms with Crippen molar-refractivity contribution in [1.82, 2.24) is 0 Å². The predicted octanol–water partition coefficient (Wildman–Crippen LogP) is 16.1. The van der Waals surface area contributed by atoms with E-state index in [2.05, 4.69) is 50.9 Å². The van der Waals surface area contributed by atoms with Crippen molar-refractivity contribution in [3.8, 4) is 40.2 Å². The minimum absolute atomic E-state index is 0.0124. The van der Waals surface area contributed by atoms with Crippen LogP contribution < -0.4 is 23.7 Å². The smallest absolute Gasteiger partial charge is 0.170 e. The van der Waals surface area contributed by atoms with Crippen LogP contribution in [-0.4, -0.2) is 39.5 Å². The zero-order chi connectivity index (χ0) is 55.0. The van der Waals surface area contributed by atoms with Gasteiger partial charge in [-0.2, -0.15) is 11.3 Å². The fourth-order valence-electron chi connectivity index (χ4n) is 9.34. The fraction of sp³-hybridized carbons (Fsp3) is 0.206. The van der Waals surface area contributed by atoms with Gasteiger partial charge in [0.2, 0.25) is 0 Å². The van der Waals surface area contributed by atoms with E-state index in [4.69, 9.17) is 23.7 Å². The highest BCUT2D eigenvalue weighted by Gasteiger charge is 2.32. The van der Waals surface area contributed by atoms with Crippen molar-refractivity contribution in [3.05, 3.63) is 227 Å². The second-order valence-corrected chi connectivity index (χ2v) is 21.6. The van der Waals surface area contributed by atoms with Gasteiger partial charge in [0.05, 0.1) is 54.0 Å². The van der Waals surface area contributed by atoms with Crippen LogP contribution in [0.1, 0.15) is 140 Å². The molecule has 0 aliphatic carbocycles. The van der Waals surface area contributed by atoms with Crippen molar-refractivity contribution in [2.75, 3.05) is 0 Å². The summed E-state index contributed by atoms with van der Waals surface area (Å²) in [5.41, 5.74) is 7.13. The molecule has 4 unspecified atom stereocenters. The molecule has 0 radical (unpaired) electrons. The van der Waals surface area contributed by atoms with Crippen molar-refractivity contribution in [2.45, 2.75) is 83.4 Å². The molecule has 4 atom stereocenters. The Hall–Kier alpha value is -7.59. The number of benzene rings is 7. The Kier molecular flexibility index (Phi) is 17.6. The lowest BCUT2D eigenvalue weighted by Crippen LogP contribution is -2.21. The van der Waals surface area contributed by atoms with Crippen molar-refractivity contribution < 1.29 is 57.5 Å². The molecule has 0 saturated carbocycles. The van der Waals surface area contributed by atoms with E-state index in [1.54, 1.807) is 35.6 Å². The molecule has 0 amide bonds. The molecule has 0 bridgehead atoms. The van der Waals surface area contributed by atoms with E-state index in [0.29, 0.717) is 70.1 Å². The quantitative estimate of drug-likeness (QED) is 0.157. The largest absolute Gasteiger partial charge is 0.508 e. The van der Waals surface area contributed by atoms with Gasteiger partial charge < -0.3 is 33.9 Å². The summed E-state index contributed by atoms with van der Waals surface area (Å²) in [5.74, 6) is 2.99. The molecule has 4 aliphatic heterocycles. The Labute approximate surface area is 471 Å². The summed E-state index contributed by atoms with van der Waals surface area (Å²) in [6, 6.07) is 44.1. The van der Waals surface area contributed by atoms with Gasteiger partial charge in [0.15, 0.2) is 23.1 Å². The average molecular weight is 1200 g/mol.